The van der Waals surface area contributed by atoms with Crippen molar-refractivity contribution >= 4 is 23.5 Å². The standard InChI is InChI=1S/C9H14O3S/c1-3-4-12-9(11)8-7(10)6(2)5-13-8/h6,8H,3-5H2,1-2H3. The first-order valence-corrected chi connectivity index (χ1v) is 5.53. The summed E-state index contributed by atoms with van der Waals surface area (Å²) < 4.78 is 4.91. The number of ether oxygens (including phenoxy) is 1. The van der Waals surface area contributed by atoms with Gasteiger partial charge in [-0.15, -0.1) is 11.8 Å². The van der Waals surface area contributed by atoms with E-state index in [-0.39, 0.29) is 17.7 Å². The fraction of sp³-hybridized carbons (Fsp3) is 0.778. The van der Waals surface area contributed by atoms with Gasteiger partial charge in [0, 0.05) is 11.7 Å². The van der Waals surface area contributed by atoms with Crippen molar-refractivity contribution in [1.29, 1.82) is 0 Å². The second-order valence-electron chi connectivity index (χ2n) is 3.18. The average molecular weight is 202 g/mol. The minimum atomic E-state index is -0.554. The first-order valence-electron chi connectivity index (χ1n) is 4.48. The number of Topliss-reactive ketones (excluding diaryl/α,β-unsaturated/α-hetero) is 1. The molecule has 0 radical (unpaired) electrons. The quantitative estimate of drug-likeness (QED) is 0.510. The van der Waals surface area contributed by atoms with Crippen LogP contribution in [0.3, 0.4) is 0 Å². The van der Waals surface area contributed by atoms with Crippen LogP contribution in [0.5, 0.6) is 0 Å². The molecule has 3 nitrogen and oxygen atoms in total. The molecule has 74 valence electrons. The monoisotopic (exact) mass is 202 g/mol. The second kappa shape index (κ2) is 4.65. The van der Waals surface area contributed by atoms with Crippen molar-refractivity contribution in [3.8, 4) is 0 Å². The third-order valence-corrected chi connectivity index (χ3v) is 3.37. The lowest BCUT2D eigenvalue weighted by Crippen LogP contribution is -2.27. The zero-order chi connectivity index (χ0) is 9.84. The van der Waals surface area contributed by atoms with Gasteiger partial charge in [-0.25, -0.2) is 0 Å². The SMILES string of the molecule is CCCOC(=O)C1SCC(C)C1=O. The van der Waals surface area contributed by atoms with Gasteiger partial charge in [0.15, 0.2) is 11.0 Å². The molecule has 0 spiro atoms. The summed E-state index contributed by atoms with van der Waals surface area (Å²) in [6.45, 7) is 4.19. The van der Waals surface area contributed by atoms with Crippen LogP contribution in [-0.2, 0) is 14.3 Å². The number of carbonyl (C=O) groups excluding carboxylic acids is 2. The van der Waals surface area contributed by atoms with Crippen molar-refractivity contribution in [1.82, 2.24) is 0 Å². The summed E-state index contributed by atoms with van der Waals surface area (Å²) in [6, 6.07) is 0. The Hall–Kier alpha value is -0.510. The maximum Gasteiger partial charge on any atom is 0.326 e. The number of esters is 1. The summed E-state index contributed by atoms with van der Waals surface area (Å²) >= 11 is 1.39. The van der Waals surface area contributed by atoms with Crippen molar-refractivity contribution < 1.29 is 14.3 Å². The predicted molar refractivity (Wildman–Crippen MR) is 51.7 cm³/mol. The third kappa shape index (κ3) is 2.46. The lowest BCUT2D eigenvalue weighted by Gasteiger charge is -2.07. The summed E-state index contributed by atoms with van der Waals surface area (Å²) in [6.07, 6.45) is 0.798. The lowest BCUT2D eigenvalue weighted by molar-refractivity contribution is -0.145. The Kier molecular flexibility index (Phi) is 3.78. The lowest BCUT2D eigenvalue weighted by atomic mass is 10.1. The van der Waals surface area contributed by atoms with Crippen LogP contribution in [0.4, 0.5) is 0 Å². The van der Waals surface area contributed by atoms with E-state index in [4.69, 9.17) is 4.74 Å². The molecule has 0 aromatic carbocycles. The van der Waals surface area contributed by atoms with E-state index in [0.29, 0.717) is 6.61 Å². The fourth-order valence-electron chi connectivity index (χ4n) is 1.13. The molecule has 13 heavy (non-hydrogen) atoms. The van der Waals surface area contributed by atoms with E-state index in [2.05, 4.69) is 0 Å². The van der Waals surface area contributed by atoms with Gasteiger partial charge >= 0.3 is 5.97 Å². The van der Waals surface area contributed by atoms with Crippen LogP contribution in [-0.4, -0.2) is 29.4 Å². The summed E-state index contributed by atoms with van der Waals surface area (Å²) in [5.41, 5.74) is 0. The molecule has 4 heteroatoms. The Labute approximate surface area is 82.2 Å². The third-order valence-electron chi connectivity index (χ3n) is 1.92. The number of rotatable bonds is 3. The molecule has 2 unspecified atom stereocenters. The van der Waals surface area contributed by atoms with Crippen LogP contribution in [0, 0.1) is 5.92 Å². The fourth-order valence-corrected chi connectivity index (χ4v) is 2.37. The molecule has 1 rings (SSSR count). The van der Waals surface area contributed by atoms with Gasteiger partial charge in [-0.05, 0) is 6.42 Å². The van der Waals surface area contributed by atoms with Gasteiger partial charge in [-0.2, -0.15) is 0 Å². The van der Waals surface area contributed by atoms with E-state index in [9.17, 15) is 9.59 Å². The van der Waals surface area contributed by atoms with Gasteiger partial charge in [0.1, 0.15) is 0 Å². The first-order chi connectivity index (χ1) is 6.16. The molecule has 1 fully saturated rings. The van der Waals surface area contributed by atoms with Crippen LogP contribution in [0.2, 0.25) is 0 Å². The van der Waals surface area contributed by atoms with Gasteiger partial charge in [0.2, 0.25) is 0 Å². The Morgan fingerprint density at radius 1 is 1.69 bits per heavy atom. The van der Waals surface area contributed by atoms with Crippen LogP contribution in [0.1, 0.15) is 20.3 Å². The first kappa shape index (κ1) is 10.6. The summed E-state index contributed by atoms with van der Waals surface area (Å²) in [4.78, 5) is 22.7. The van der Waals surface area contributed by atoms with Gasteiger partial charge in [0.05, 0.1) is 6.61 Å². The molecule has 0 saturated carbocycles. The highest BCUT2D eigenvalue weighted by molar-refractivity contribution is 8.01. The zero-order valence-corrected chi connectivity index (χ0v) is 8.73. The Bertz CT molecular complexity index is 215. The highest BCUT2D eigenvalue weighted by Gasteiger charge is 2.37. The van der Waals surface area contributed by atoms with Crippen molar-refractivity contribution in [2.75, 3.05) is 12.4 Å². The summed E-state index contributed by atoms with van der Waals surface area (Å²) in [5.74, 6) is 0.404. The van der Waals surface area contributed by atoms with Crippen molar-refractivity contribution in [2.45, 2.75) is 25.5 Å². The number of carbonyl (C=O) groups is 2. The van der Waals surface area contributed by atoms with Crippen LogP contribution >= 0.6 is 11.8 Å². The summed E-state index contributed by atoms with van der Waals surface area (Å²) in [5, 5.41) is -0.554. The molecule has 2 atom stereocenters. The normalized spacial score (nSPS) is 27.7. The Morgan fingerprint density at radius 3 is 2.85 bits per heavy atom. The molecule has 0 aromatic rings. The zero-order valence-electron chi connectivity index (χ0n) is 7.91. The molecule has 1 aliphatic heterocycles. The Morgan fingerprint density at radius 2 is 2.38 bits per heavy atom. The van der Waals surface area contributed by atoms with E-state index in [1.54, 1.807) is 0 Å². The molecule has 0 N–H and O–H groups in total. The van der Waals surface area contributed by atoms with Crippen LogP contribution in [0.15, 0.2) is 0 Å². The van der Waals surface area contributed by atoms with Gasteiger partial charge in [-0.3, -0.25) is 9.59 Å². The van der Waals surface area contributed by atoms with Gasteiger partial charge in [0.25, 0.3) is 0 Å². The maximum atomic E-state index is 11.4. The topological polar surface area (TPSA) is 43.4 Å². The van der Waals surface area contributed by atoms with Crippen LogP contribution in [0.25, 0.3) is 0 Å². The number of ketones is 1. The van der Waals surface area contributed by atoms with Crippen LogP contribution < -0.4 is 0 Å². The number of hydrogen-bond acceptors (Lipinski definition) is 4. The van der Waals surface area contributed by atoms with Crippen molar-refractivity contribution in [3.05, 3.63) is 0 Å². The molecule has 1 aliphatic rings. The molecular formula is C9H14O3S. The molecule has 0 aliphatic carbocycles. The van der Waals surface area contributed by atoms with E-state index in [0.717, 1.165) is 12.2 Å². The molecule has 1 heterocycles. The largest absolute Gasteiger partial charge is 0.465 e. The molecule has 0 amide bonds. The highest BCUT2D eigenvalue weighted by Crippen LogP contribution is 2.28. The van der Waals surface area contributed by atoms with Crippen molar-refractivity contribution in [3.63, 3.8) is 0 Å². The molecular weight excluding hydrogens is 188 g/mol. The second-order valence-corrected chi connectivity index (χ2v) is 4.32. The predicted octanol–water partition coefficient (Wildman–Crippen LogP) is 1.26. The highest BCUT2D eigenvalue weighted by atomic mass is 32.2. The minimum Gasteiger partial charge on any atom is -0.465 e. The van der Waals surface area contributed by atoms with Crippen molar-refractivity contribution in [2.24, 2.45) is 5.92 Å². The van der Waals surface area contributed by atoms with E-state index in [1.807, 2.05) is 13.8 Å². The van der Waals surface area contributed by atoms with E-state index in [1.165, 1.54) is 11.8 Å². The Balaban J connectivity index is 2.44. The summed E-state index contributed by atoms with van der Waals surface area (Å²) in [7, 11) is 0. The molecule has 0 aromatic heterocycles. The van der Waals surface area contributed by atoms with E-state index >= 15 is 0 Å². The number of hydrogen-bond donors (Lipinski definition) is 0. The number of thioether (sulfide) groups is 1. The maximum absolute atomic E-state index is 11.4. The average Bonchev–Trinajstić information content (AvgIpc) is 2.44. The van der Waals surface area contributed by atoms with Gasteiger partial charge in [-0.1, -0.05) is 13.8 Å². The van der Waals surface area contributed by atoms with Gasteiger partial charge < -0.3 is 4.74 Å². The molecule has 0 bridgehead atoms. The minimum absolute atomic E-state index is 0.00387. The van der Waals surface area contributed by atoms with E-state index < -0.39 is 5.25 Å². The smallest absolute Gasteiger partial charge is 0.326 e. The molecule has 1 saturated heterocycles.